The minimum Gasteiger partial charge on any atom is -0.481 e. The number of carbonyl (C=O) groups is 2. The van der Waals surface area contributed by atoms with Gasteiger partial charge in [-0.2, -0.15) is 0 Å². The van der Waals surface area contributed by atoms with Crippen molar-refractivity contribution in [2.75, 3.05) is 0 Å². The second kappa shape index (κ2) is 8.02. The molecule has 1 atom stereocenters. The van der Waals surface area contributed by atoms with E-state index in [0.29, 0.717) is 12.8 Å². The highest BCUT2D eigenvalue weighted by Gasteiger charge is 2.21. The molecule has 5 heteroatoms. The molecule has 2 rings (SSSR count). The molecule has 1 N–H and O–H groups in total. The summed E-state index contributed by atoms with van der Waals surface area (Å²) in [7, 11) is 0. The van der Waals surface area contributed by atoms with Crippen LogP contribution in [0.3, 0.4) is 0 Å². The Hall–Kier alpha value is -2.56. The fourth-order valence-corrected chi connectivity index (χ4v) is 2.25. The minimum absolute atomic E-state index is 0.0461. The highest BCUT2D eigenvalue weighted by atomic mass is 16.4. The summed E-state index contributed by atoms with van der Waals surface area (Å²) in [6.07, 6.45) is 5.96. The maximum absolute atomic E-state index is 12.0. The summed E-state index contributed by atoms with van der Waals surface area (Å²) in [6, 6.07) is 9.36. The molecule has 0 aliphatic carbocycles. The maximum atomic E-state index is 12.0. The number of hydrogen-bond acceptors (Lipinski definition) is 4. The van der Waals surface area contributed by atoms with Crippen molar-refractivity contribution in [3.8, 4) is 0 Å². The number of ketones is 1. The average molecular weight is 298 g/mol. The Balaban J connectivity index is 1.88. The lowest BCUT2D eigenvalue weighted by Crippen LogP contribution is -2.20. The van der Waals surface area contributed by atoms with Gasteiger partial charge >= 0.3 is 5.97 Å². The number of carboxylic acids is 1. The van der Waals surface area contributed by atoms with E-state index in [1.165, 1.54) is 0 Å². The fourth-order valence-electron chi connectivity index (χ4n) is 2.25. The van der Waals surface area contributed by atoms with E-state index in [-0.39, 0.29) is 18.6 Å². The van der Waals surface area contributed by atoms with Crippen LogP contribution in [0.25, 0.3) is 0 Å². The van der Waals surface area contributed by atoms with E-state index < -0.39 is 11.9 Å². The zero-order valence-electron chi connectivity index (χ0n) is 12.2. The number of aliphatic carboxylic acids is 1. The summed E-state index contributed by atoms with van der Waals surface area (Å²) in [5.41, 5.74) is 1.67. The normalized spacial score (nSPS) is 11.8. The van der Waals surface area contributed by atoms with Gasteiger partial charge in [0, 0.05) is 31.4 Å². The predicted octanol–water partition coefficient (Wildman–Crippen LogP) is 2.31. The molecule has 114 valence electrons. The molecule has 1 heterocycles. The largest absolute Gasteiger partial charge is 0.481 e. The molecule has 0 spiro atoms. The monoisotopic (exact) mass is 298 g/mol. The van der Waals surface area contributed by atoms with Gasteiger partial charge in [0.1, 0.15) is 5.78 Å². The molecule has 0 radical (unpaired) electrons. The summed E-state index contributed by atoms with van der Waals surface area (Å²) in [4.78, 5) is 31.4. The van der Waals surface area contributed by atoms with E-state index in [0.717, 1.165) is 11.3 Å². The van der Waals surface area contributed by atoms with E-state index >= 15 is 0 Å². The second-order valence-corrected chi connectivity index (χ2v) is 5.16. The van der Waals surface area contributed by atoms with Gasteiger partial charge in [0.05, 0.1) is 11.6 Å². The highest BCUT2D eigenvalue weighted by molar-refractivity contribution is 5.84. The van der Waals surface area contributed by atoms with Crippen molar-refractivity contribution in [1.29, 1.82) is 0 Å². The lowest BCUT2D eigenvalue weighted by atomic mass is 9.93. The first-order valence-electron chi connectivity index (χ1n) is 7.18. The molecule has 22 heavy (non-hydrogen) atoms. The van der Waals surface area contributed by atoms with Crippen molar-refractivity contribution in [3.63, 3.8) is 0 Å². The van der Waals surface area contributed by atoms with Crippen LogP contribution in [0.4, 0.5) is 0 Å². The number of aromatic nitrogens is 2. The molecule has 0 saturated heterocycles. The van der Waals surface area contributed by atoms with Crippen LogP contribution in [0.15, 0.2) is 48.9 Å². The van der Waals surface area contributed by atoms with Crippen molar-refractivity contribution in [1.82, 2.24) is 9.97 Å². The maximum Gasteiger partial charge on any atom is 0.307 e. The van der Waals surface area contributed by atoms with Crippen LogP contribution >= 0.6 is 0 Å². The first-order valence-corrected chi connectivity index (χ1v) is 7.18. The number of aryl methyl sites for hydroxylation is 1. The second-order valence-electron chi connectivity index (χ2n) is 5.16. The van der Waals surface area contributed by atoms with Crippen molar-refractivity contribution < 1.29 is 14.7 Å². The van der Waals surface area contributed by atoms with Crippen LogP contribution in [-0.2, 0) is 22.4 Å². The van der Waals surface area contributed by atoms with Crippen LogP contribution < -0.4 is 0 Å². The Labute approximate surface area is 129 Å². The molecule has 0 unspecified atom stereocenters. The van der Waals surface area contributed by atoms with Gasteiger partial charge in [-0.1, -0.05) is 30.3 Å². The topological polar surface area (TPSA) is 80.2 Å². The molecular weight excluding hydrogens is 280 g/mol. The number of hydrogen-bond donors (Lipinski definition) is 1. The van der Waals surface area contributed by atoms with Gasteiger partial charge in [0.2, 0.25) is 0 Å². The van der Waals surface area contributed by atoms with E-state index in [1.807, 2.05) is 30.3 Å². The Morgan fingerprint density at radius 1 is 1.14 bits per heavy atom. The van der Waals surface area contributed by atoms with Crippen LogP contribution in [0.5, 0.6) is 0 Å². The summed E-state index contributed by atoms with van der Waals surface area (Å²) >= 11 is 0. The Kier molecular flexibility index (Phi) is 5.77. The van der Waals surface area contributed by atoms with Crippen LogP contribution in [0.1, 0.15) is 24.1 Å². The number of Topliss-reactive ketones (excluding diaryl/α,β-unsaturated/α-hetero) is 1. The molecule has 0 aliphatic heterocycles. The molecule has 0 amide bonds. The van der Waals surface area contributed by atoms with Gasteiger partial charge < -0.3 is 5.11 Å². The minimum atomic E-state index is -0.934. The molecule has 1 aromatic carbocycles. The molecule has 0 aliphatic rings. The molecular formula is C17H18N2O3. The third-order valence-corrected chi connectivity index (χ3v) is 3.42. The third kappa shape index (κ3) is 5.09. The van der Waals surface area contributed by atoms with Crippen molar-refractivity contribution >= 4 is 11.8 Å². The van der Waals surface area contributed by atoms with E-state index in [4.69, 9.17) is 0 Å². The quantitative estimate of drug-likeness (QED) is 0.809. The van der Waals surface area contributed by atoms with Crippen LogP contribution in [0.2, 0.25) is 0 Å². The van der Waals surface area contributed by atoms with E-state index in [2.05, 4.69) is 9.97 Å². The number of nitrogens with zero attached hydrogens (tertiary/aromatic N) is 2. The number of carbonyl (C=O) groups excluding carboxylic acids is 1. The first kappa shape index (κ1) is 15.8. The smallest absolute Gasteiger partial charge is 0.307 e. The Morgan fingerprint density at radius 3 is 2.55 bits per heavy atom. The van der Waals surface area contributed by atoms with Gasteiger partial charge in [-0.05, 0) is 18.4 Å². The third-order valence-electron chi connectivity index (χ3n) is 3.42. The standard InChI is InChI=1S/C17H18N2O3/c20-16(7-6-15-12-18-8-9-19-15)11-14(17(21)22)10-13-4-2-1-3-5-13/h1-5,8-9,12,14H,6-7,10-11H2,(H,21,22)/t14-/m1/s1. The van der Waals surface area contributed by atoms with Crippen molar-refractivity contribution in [2.24, 2.45) is 5.92 Å². The predicted molar refractivity (Wildman–Crippen MR) is 81.2 cm³/mol. The summed E-state index contributed by atoms with van der Waals surface area (Å²) in [6.45, 7) is 0. The molecule has 1 aromatic heterocycles. The SMILES string of the molecule is O=C(CCc1cnccn1)C[C@@H](Cc1ccccc1)C(=O)O. The van der Waals surface area contributed by atoms with Crippen LogP contribution in [-0.4, -0.2) is 26.8 Å². The van der Waals surface area contributed by atoms with Gasteiger partial charge in [-0.25, -0.2) is 0 Å². The molecule has 2 aromatic rings. The number of carboxylic acid groups (broad SMARTS) is 1. The Bertz CT molecular complexity index is 614. The first-order chi connectivity index (χ1) is 10.6. The lowest BCUT2D eigenvalue weighted by molar-refractivity contribution is -0.143. The molecule has 0 fully saturated rings. The summed E-state index contributed by atoms with van der Waals surface area (Å²) in [5.74, 6) is -1.68. The Morgan fingerprint density at radius 2 is 1.91 bits per heavy atom. The molecule has 5 nitrogen and oxygen atoms in total. The molecule has 0 bridgehead atoms. The van der Waals surface area contributed by atoms with Crippen molar-refractivity contribution in [3.05, 3.63) is 60.2 Å². The van der Waals surface area contributed by atoms with E-state index in [9.17, 15) is 14.7 Å². The van der Waals surface area contributed by atoms with Gasteiger partial charge in [0.25, 0.3) is 0 Å². The summed E-state index contributed by atoms with van der Waals surface area (Å²) < 4.78 is 0. The van der Waals surface area contributed by atoms with Gasteiger partial charge in [0.15, 0.2) is 0 Å². The average Bonchev–Trinajstić information content (AvgIpc) is 2.54. The molecule has 0 saturated carbocycles. The zero-order valence-corrected chi connectivity index (χ0v) is 12.2. The van der Waals surface area contributed by atoms with E-state index in [1.54, 1.807) is 18.6 Å². The zero-order chi connectivity index (χ0) is 15.8. The van der Waals surface area contributed by atoms with Crippen LogP contribution in [0, 0.1) is 5.92 Å². The fraction of sp³-hybridized carbons (Fsp3) is 0.294. The van der Waals surface area contributed by atoms with Gasteiger partial charge in [-0.3, -0.25) is 19.6 Å². The highest BCUT2D eigenvalue weighted by Crippen LogP contribution is 2.15. The summed E-state index contributed by atoms with van der Waals surface area (Å²) in [5, 5.41) is 9.29. The van der Waals surface area contributed by atoms with Gasteiger partial charge in [-0.15, -0.1) is 0 Å². The van der Waals surface area contributed by atoms with Crippen molar-refractivity contribution in [2.45, 2.75) is 25.7 Å². The lowest BCUT2D eigenvalue weighted by Gasteiger charge is -2.11. The number of benzene rings is 1. The number of rotatable bonds is 8.